The van der Waals surface area contributed by atoms with Crippen molar-refractivity contribution in [1.29, 1.82) is 0 Å². The SMILES string of the molecule is CC(C)(C)SCC(C1CC1)N1C(=O)C(CC(=O)NCC(F)(F)F)OCC1c1ccc(Cl)cc1.Clc1ccccc1. The van der Waals surface area contributed by atoms with Crippen LogP contribution in [0.1, 0.15) is 51.6 Å². The summed E-state index contributed by atoms with van der Waals surface area (Å²) in [5.74, 6) is -0.120. The van der Waals surface area contributed by atoms with E-state index in [4.69, 9.17) is 27.9 Å². The topological polar surface area (TPSA) is 58.6 Å². The number of alkyl halides is 3. The van der Waals surface area contributed by atoms with Crippen LogP contribution in [-0.2, 0) is 14.3 Å². The van der Waals surface area contributed by atoms with Crippen LogP contribution in [0.2, 0.25) is 10.0 Å². The van der Waals surface area contributed by atoms with Crippen LogP contribution in [-0.4, -0.2) is 58.7 Å². The minimum atomic E-state index is -4.51. The van der Waals surface area contributed by atoms with E-state index in [0.717, 1.165) is 29.2 Å². The molecule has 2 aromatic carbocycles. The molecule has 2 aliphatic rings. The lowest BCUT2D eigenvalue weighted by Crippen LogP contribution is -2.56. The van der Waals surface area contributed by atoms with Gasteiger partial charge in [0.25, 0.3) is 5.91 Å². The zero-order valence-corrected chi connectivity index (χ0v) is 25.0. The number of thioether (sulfide) groups is 1. The highest BCUT2D eigenvalue weighted by atomic mass is 35.5. The van der Waals surface area contributed by atoms with Crippen LogP contribution < -0.4 is 5.32 Å². The maximum absolute atomic E-state index is 13.6. The molecule has 0 spiro atoms. The van der Waals surface area contributed by atoms with E-state index in [9.17, 15) is 22.8 Å². The molecular formula is C29H35Cl2F3N2O3S. The van der Waals surface area contributed by atoms with Gasteiger partial charge in [0.2, 0.25) is 5.91 Å². The molecule has 3 atom stereocenters. The van der Waals surface area contributed by atoms with E-state index >= 15 is 0 Å². The fraction of sp³-hybridized carbons (Fsp3) is 0.517. The average molecular weight is 620 g/mol. The summed E-state index contributed by atoms with van der Waals surface area (Å²) in [5.41, 5.74) is 0.874. The molecule has 2 amide bonds. The second-order valence-electron chi connectivity index (χ2n) is 10.9. The Morgan fingerprint density at radius 1 is 1.05 bits per heavy atom. The van der Waals surface area contributed by atoms with Crippen LogP contribution >= 0.6 is 35.0 Å². The summed E-state index contributed by atoms with van der Waals surface area (Å²) in [7, 11) is 0. The van der Waals surface area contributed by atoms with Crippen molar-refractivity contribution in [3.05, 3.63) is 70.2 Å². The van der Waals surface area contributed by atoms with Crippen LogP contribution in [0.5, 0.6) is 0 Å². The Bertz CT molecular complexity index is 1110. The number of hydrogen-bond acceptors (Lipinski definition) is 4. The molecule has 11 heteroatoms. The Kier molecular flexibility index (Phi) is 11.6. The van der Waals surface area contributed by atoms with Gasteiger partial charge in [-0.3, -0.25) is 9.59 Å². The maximum atomic E-state index is 13.6. The third kappa shape index (κ3) is 10.8. The molecule has 1 N–H and O–H groups in total. The summed E-state index contributed by atoms with van der Waals surface area (Å²) >= 11 is 13.4. The predicted octanol–water partition coefficient (Wildman–Crippen LogP) is 7.33. The van der Waals surface area contributed by atoms with Crippen molar-refractivity contribution in [3.8, 4) is 0 Å². The summed E-state index contributed by atoms with van der Waals surface area (Å²) in [6.45, 7) is 5.08. The van der Waals surface area contributed by atoms with Gasteiger partial charge in [0.15, 0.2) is 0 Å². The summed E-state index contributed by atoms with van der Waals surface area (Å²) in [6, 6.07) is 16.3. The van der Waals surface area contributed by atoms with Gasteiger partial charge in [-0.05, 0) is 48.6 Å². The Hall–Kier alpha value is -1.94. The van der Waals surface area contributed by atoms with Crippen LogP contribution in [0.4, 0.5) is 13.2 Å². The molecule has 1 aliphatic heterocycles. The van der Waals surface area contributed by atoms with Crippen LogP contribution in [0, 0.1) is 5.92 Å². The van der Waals surface area contributed by atoms with Crippen LogP contribution in [0.25, 0.3) is 0 Å². The van der Waals surface area contributed by atoms with Crippen LogP contribution in [0.15, 0.2) is 54.6 Å². The molecule has 1 aliphatic carbocycles. The molecule has 5 nitrogen and oxygen atoms in total. The number of benzene rings is 2. The van der Waals surface area contributed by atoms with Gasteiger partial charge in [0.05, 0.1) is 19.1 Å². The van der Waals surface area contributed by atoms with Crippen molar-refractivity contribution in [1.82, 2.24) is 10.2 Å². The molecule has 40 heavy (non-hydrogen) atoms. The smallest absolute Gasteiger partial charge is 0.365 e. The van der Waals surface area contributed by atoms with Gasteiger partial charge in [0, 0.05) is 26.6 Å². The average Bonchev–Trinajstić information content (AvgIpc) is 3.71. The van der Waals surface area contributed by atoms with E-state index in [-0.39, 0.29) is 29.3 Å². The first-order valence-corrected chi connectivity index (χ1v) is 14.8. The number of rotatable bonds is 8. The first kappa shape index (κ1) is 32.6. The Morgan fingerprint density at radius 3 is 2.15 bits per heavy atom. The molecule has 2 fully saturated rings. The predicted molar refractivity (Wildman–Crippen MR) is 155 cm³/mol. The Balaban J connectivity index is 0.000000547. The molecule has 1 saturated heterocycles. The fourth-order valence-corrected chi connectivity index (χ4v) is 5.65. The number of carbonyl (C=O) groups is 2. The molecular weight excluding hydrogens is 584 g/mol. The van der Waals surface area contributed by atoms with Crippen molar-refractivity contribution < 1.29 is 27.5 Å². The zero-order valence-electron chi connectivity index (χ0n) is 22.7. The molecule has 4 rings (SSSR count). The highest BCUT2D eigenvalue weighted by molar-refractivity contribution is 8.00. The highest BCUT2D eigenvalue weighted by Crippen LogP contribution is 2.43. The van der Waals surface area contributed by atoms with Gasteiger partial charge < -0.3 is 15.0 Å². The molecule has 0 bridgehead atoms. The lowest BCUT2D eigenvalue weighted by Gasteiger charge is -2.44. The second kappa shape index (κ2) is 14.3. The van der Waals surface area contributed by atoms with Crippen molar-refractivity contribution in [2.75, 3.05) is 18.9 Å². The van der Waals surface area contributed by atoms with Crippen molar-refractivity contribution in [2.24, 2.45) is 5.92 Å². The summed E-state index contributed by atoms with van der Waals surface area (Å²) in [4.78, 5) is 27.5. The van der Waals surface area contributed by atoms with Gasteiger partial charge in [-0.2, -0.15) is 24.9 Å². The Morgan fingerprint density at radius 2 is 1.65 bits per heavy atom. The molecule has 220 valence electrons. The third-order valence-corrected chi connectivity index (χ3v) is 8.25. The quantitative estimate of drug-likeness (QED) is 0.336. The van der Waals surface area contributed by atoms with E-state index in [2.05, 4.69) is 20.8 Å². The second-order valence-corrected chi connectivity index (χ2v) is 13.6. The minimum Gasteiger partial charge on any atom is -0.365 e. The molecule has 3 unspecified atom stereocenters. The van der Waals surface area contributed by atoms with Gasteiger partial charge in [-0.25, -0.2) is 0 Å². The molecule has 2 aromatic rings. The largest absolute Gasteiger partial charge is 0.405 e. The standard InChI is InChI=1S/C23H30ClF3N2O3S.C6H5Cl/c1-22(2,3)33-12-18(15-4-5-15)29-17(14-6-8-16(24)9-7-14)11-32-19(21(29)31)10-20(30)28-13-23(25,26)27;7-6-4-2-1-3-5-6/h6-9,15,17-19H,4-5,10-13H2,1-3H3,(H,28,30);1-5H. The number of amides is 2. The van der Waals surface area contributed by atoms with Crippen LogP contribution in [0.3, 0.4) is 0 Å². The zero-order chi connectivity index (χ0) is 29.5. The summed E-state index contributed by atoms with van der Waals surface area (Å²) in [5, 5.41) is 3.20. The maximum Gasteiger partial charge on any atom is 0.405 e. The number of nitrogens with zero attached hydrogens (tertiary/aromatic N) is 1. The number of nitrogens with one attached hydrogen (secondary N) is 1. The van der Waals surface area contributed by atoms with Gasteiger partial charge in [-0.15, -0.1) is 0 Å². The number of hydrogen-bond donors (Lipinski definition) is 1. The van der Waals surface area contributed by atoms with Crippen molar-refractivity contribution >= 4 is 46.8 Å². The van der Waals surface area contributed by atoms with Gasteiger partial charge in [0.1, 0.15) is 12.6 Å². The fourth-order valence-electron chi connectivity index (χ4n) is 4.28. The molecule has 1 heterocycles. The molecule has 0 aromatic heterocycles. The Labute approximate surface area is 248 Å². The monoisotopic (exact) mass is 618 g/mol. The van der Waals surface area contributed by atoms with E-state index in [1.165, 1.54) is 0 Å². The van der Waals surface area contributed by atoms with Crippen molar-refractivity contribution in [3.63, 3.8) is 0 Å². The van der Waals surface area contributed by atoms with E-state index < -0.39 is 31.2 Å². The molecule has 1 saturated carbocycles. The minimum absolute atomic E-state index is 0.00905. The lowest BCUT2D eigenvalue weighted by molar-refractivity contribution is -0.167. The van der Waals surface area contributed by atoms with E-state index in [1.54, 1.807) is 23.9 Å². The summed E-state index contributed by atoms with van der Waals surface area (Å²) < 4.78 is 43.1. The first-order chi connectivity index (χ1) is 18.7. The normalized spacial score (nSPS) is 20.4. The summed E-state index contributed by atoms with van der Waals surface area (Å²) in [6.07, 6.45) is -4.03. The highest BCUT2D eigenvalue weighted by Gasteiger charge is 2.46. The number of morpholine rings is 1. The first-order valence-electron chi connectivity index (χ1n) is 13.1. The van der Waals surface area contributed by atoms with Gasteiger partial charge >= 0.3 is 6.18 Å². The van der Waals surface area contributed by atoms with Gasteiger partial charge in [-0.1, -0.05) is 74.3 Å². The number of carbonyl (C=O) groups excluding carboxylic acids is 2. The molecule has 0 radical (unpaired) electrons. The lowest BCUT2D eigenvalue weighted by atomic mass is 9.98. The van der Waals surface area contributed by atoms with E-state index in [1.807, 2.05) is 52.7 Å². The van der Waals surface area contributed by atoms with Crippen molar-refractivity contribution in [2.45, 2.75) is 69.1 Å². The number of ether oxygens (including phenoxy) is 1. The third-order valence-electron chi connectivity index (χ3n) is 6.38. The van der Waals surface area contributed by atoms with E-state index in [0.29, 0.717) is 10.9 Å². The number of halogens is 5.